The Kier molecular flexibility index (Phi) is 5.28. The maximum absolute atomic E-state index is 13.0. The quantitative estimate of drug-likeness (QED) is 0.629. The number of aromatic nitrogens is 2. The summed E-state index contributed by atoms with van der Waals surface area (Å²) in [4.78, 5) is 20.3. The third-order valence-corrected chi connectivity index (χ3v) is 3.83. The van der Waals surface area contributed by atoms with Gasteiger partial charge < -0.3 is 16.0 Å². The normalized spacial score (nSPS) is 10.3. The van der Waals surface area contributed by atoms with Crippen molar-refractivity contribution in [1.82, 2.24) is 15.3 Å². The summed E-state index contributed by atoms with van der Waals surface area (Å²) in [6, 6.07) is 11.6. The van der Waals surface area contributed by atoms with Crippen molar-refractivity contribution in [1.29, 1.82) is 0 Å². The minimum Gasteiger partial charge on any atom is -0.355 e. The monoisotopic (exact) mass is 371 g/mol. The first kappa shape index (κ1) is 17.6. The largest absolute Gasteiger partial charge is 0.355 e. The third-order valence-electron chi connectivity index (χ3n) is 3.50. The van der Waals surface area contributed by atoms with Crippen molar-refractivity contribution in [3.05, 3.63) is 71.3 Å². The van der Waals surface area contributed by atoms with Crippen LogP contribution in [0, 0.1) is 5.82 Å². The van der Waals surface area contributed by atoms with Crippen LogP contribution in [0.2, 0.25) is 5.02 Å². The zero-order valence-electron chi connectivity index (χ0n) is 13.8. The molecule has 3 rings (SSSR count). The van der Waals surface area contributed by atoms with E-state index < -0.39 is 5.82 Å². The van der Waals surface area contributed by atoms with Crippen molar-refractivity contribution in [3.8, 4) is 0 Å². The third kappa shape index (κ3) is 4.07. The second kappa shape index (κ2) is 7.79. The van der Waals surface area contributed by atoms with Gasteiger partial charge in [-0.05, 0) is 24.3 Å². The number of para-hydroxylation sites is 1. The number of carbonyl (C=O) groups excluding carboxylic acids is 1. The lowest BCUT2D eigenvalue weighted by molar-refractivity contribution is 0.0963. The molecular weight excluding hydrogens is 357 g/mol. The summed E-state index contributed by atoms with van der Waals surface area (Å²) in [5.74, 6) is 0.139. The van der Waals surface area contributed by atoms with E-state index in [1.54, 1.807) is 18.2 Å². The fourth-order valence-corrected chi connectivity index (χ4v) is 2.41. The van der Waals surface area contributed by atoms with E-state index in [1.807, 2.05) is 12.1 Å². The van der Waals surface area contributed by atoms with Gasteiger partial charge in [0.15, 0.2) is 0 Å². The number of benzene rings is 1. The van der Waals surface area contributed by atoms with Crippen LogP contribution in [0.15, 0.2) is 54.9 Å². The van der Waals surface area contributed by atoms with Gasteiger partial charge in [0.05, 0.1) is 28.2 Å². The van der Waals surface area contributed by atoms with Crippen molar-refractivity contribution < 1.29 is 9.18 Å². The Labute approximate surface area is 154 Å². The fraction of sp³-hybridized carbons (Fsp3) is 0.0556. The van der Waals surface area contributed by atoms with E-state index in [0.29, 0.717) is 33.6 Å². The van der Waals surface area contributed by atoms with Crippen LogP contribution in [-0.2, 0) is 0 Å². The average Bonchev–Trinajstić information content (AvgIpc) is 2.65. The number of amides is 1. The van der Waals surface area contributed by atoms with Crippen molar-refractivity contribution in [2.24, 2.45) is 0 Å². The van der Waals surface area contributed by atoms with Gasteiger partial charge in [0.1, 0.15) is 17.5 Å². The van der Waals surface area contributed by atoms with Crippen LogP contribution in [0.4, 0.5) is 27.4 Å². The van der Waals surface area contributed by atoms with E-state index in [1.165, 1.54) is 25.4 Å². The summed E-state index contributed by atoms with van der Waals surface area (Å²) >= 11 is 6.18. The van der Waals surface area contributed by atoms with E-state index in [-0.39, 0.29) is 5.91 Å². The molecule has 6 nitrogen and oxygen atoms in total. The highest BCUT2D eigenvalue weighted by Crippen LogP contribution is 2.28. The van der Waals surface area contributed by atoms with Gasteiger partial charge in [0, 0.05) is 19.3 Å². The lowest BCUT2D eigenvalue weighted by Gasteiger charge is -2.14. The molecule has 0 radical (unpaired) electrons. The van der Waals surface area contributed by atoms with E-state index >= 15 is 0 Å². The molecule has 0 fully saturated rings. The highest BCUT2D eigenvalue weighted by atomic mass is 35.5. The van der Waals surface area contributed by atoms with Crippen LogP contribution < -0.4 is 16.0 Å². The zero-order chi connectivity index (χ0) is 18.5. The molecular formula is C18H15ClFN5O. The van der Waals surface area contributed by atoms with E-state index in [4.69, 9.17) is 11.6 Å². The van der Waals surface area contributed by atoms with Crippen LogP contribution >= 0.6 is 11.6 Å². The molecule has 3 aromatic rings. The molecule has 0 saturated heterocycles. The Morgan fingerprint density at radius 1 is 1.00 bits per heavy atom. The minimum absolute atomic E-state index is 0.293. The van der Waals surface area contributed by atoms with Crippen molar-refractivity contribution in [2.45, 2.75) is 0 Å². The number of hydrogen-bond acceptors (Lipinski definition) is 5. The lowest BCUT2D eigenvalue weighted by atomic mass is 10.2. The molecule has 26 heavy (non-hydrogen) atoms. The van der Waals surface area contributed by atoms with Gasteiger partial charge >= 0.3 is 0 Å². The van der Waals surface area contributed by atoms with Crippen molar-refractivity contribution >= 4 is 40.5 Å². The lowest BCUT2D eigenvalue weighted by Crippen LogP contribution is -2.19. The summed E-state index contributed by atoms with van der Waals surface area (Å²) in [5, 5.41) is 9.19. The van der Waals surface area contributed by atoms with Crippen LogP contribution in [0.1, 0.15) is 10.4 Å². The molecule has 0 atom stereocenters. The number of pyridine rings is 2. The molecule has 0 aliphatic heterocycles. The first-order valence-corrected chi connectivity index (χ1v) is 8.07. The fourth-order valence-electron chi connectivity index (χ4n) is 2.23. The predicted octanol–water partition coefficient (Wildman–Crippen LogP) is 4.12. The molecule has 3 N–H and O–H groups in total. The average molecular weight is 372 g/mol. The summed E-state index contributed by atoms with van der Waals surface area (Å²) in [6.45, 7) is 0. The minimum atomic E-state index is -0.431. The smallest absolute Gasteiger partial charge is 0.254 e. The zero-order valence-corrected chi connectivity index (χ0v) is 14.5. The standard InChI is InChI=1S/C18H15ClFN5O/c1-21-18(26)12-10-23-17(25-16-7-6-11(20)9-22-16)8-15(12)24-14-5-3-2-4-13(14)19/h2-10H,1H3,(H,21,26)(H2,22,23,24,25). The molecule has 132 valence electrons. The highest BCUT2D eigenvalue weighted by molar-refractivity contribution is 6.33. The molecule has 0 spiro atoms. The summed E-state index contributed by atoms with van der Waals surface area (Å²) in [5.41, 5.74) is 1.51. The molecule has 1 amide bonds. The number of carbonyl (C=O) groups is 1. The maximum Gasteiger partial charge on any atom is 0.254 e. The molecule has 8 heteroatoms. The van der Waals surface area contributed by atoms with Gasteiger partial charge in [-0.2, -0.15) is 0 Å². The van der Waals surface area contributed by atoms with Gasteiger partial charge in [0.25, 0.3) is 5.91 Å². The molecule has 0 aliphatic carbocycles. The molecule has 1 aromatic carbocycles. The summed E-state index contributed by atoms with van der Waals surface area (Å²) < 4.78 is 13.0. The van der Waals surface area contributed by atoms with Gasteiger partial charge in [-0.25, -0.2) is 14.4 Å². The molecule has 0 bridgehead atoms. The number of nitrogens with one attached hydrogen (secondary N) is 3. The topological polar surface area (TPSA) is 78.9 Å². The first-order chi connectivity index (χ1) is 12.6. The SMILES string of the molecule is CNC(=O)c1cnc(Nc2ccc(F)cn2)cc1Nc1ccccc1Cl. The van der Waals surface area contributed by atoms with Crippen molar-refractivity contribution in [2.75, 3.05) is 17.7 Å². The second-order valence-corrected chi connectivity index (χ2v) is 5.69. The Morgan fingerprint density at radius 3 is 2.46 bits per heavy atom. The number of halogens is 2. The molecule has 2 heterocycles. The molecule has 0 aliphatic rings. The van der Waals surface area contributed by atoms with Crippen LogP contribution in [0.5, 0.6) is 0 Å². The van der Waals surface area contributed by atoms with E-state index in [9.17, 15) is 9.18 Å². The number of hydrogen-bond donors (Lipinski definition) is 3. The van der Waals surface area contributed by atoms with Crippen LogP contribution in [0.25, 0.3) is 0 Å². The first-order valence-electron chi connectivity index (χ1n) is 7.69. The molecule has 2 aromatic heterocycles. The Hall–Kier alpha value is -3.19. The van der Waals surface area contributed by atoms with Crippen LogP contribution in [0.3, 0.4) is 0 Å². The van der Waals surface area contributed by atoms with Gasteiger partial charge in [-0.15, -0.1) is 0 Å². The number of rotatable bonds is 5. The van der Waals surface area contributed by atoms with E-state index in [2.05, 4.69) is 25.9 Å². The molecule has 0 saturated carbocycles. The van der Waals surface area contributed by atoms with E-state index in [0.717, 1.165) is 6.20 Å². The van der Waals surface area contributed by atoms with Gasteiger partial charge in [0.2, 0.25) is 0 Å². The van der Waals surface area contributed by atoms with Crippen LogP contribution in [-0.4, -0.2) is 22.9 Å². The number of nitrogens with zero attached hydrogens (tertiary/aromatic N) is 2. The highest BCUT2D eigenvalue weighted by Gasteiger charge is 2.13. The second-order valence-electron chi connectivity index (χ2n) is 5.29. The Bertz CT molecular complexity index is 933. The molecule has 0 unspecified atom stereocenters. The van der Waals surface area contributed by atoms with Crippen molar-refractivity contribution in [3.63, 3.8) is 0 Å². The number of anilines is 4. The summed E-state index contributed by atoms with van der Waals surface area (Å²) in [6.07, 6.45) is 2.54. The van der Waals surface area contributed by atoms with Gasteiger partial charge in [-0.1, -0.05) is 23.7 Å². The Balaban J connectivity index is 1.94. The van der Waals surface area contributed by atoms with Gasteiger partial charge in [-0.3, -0.25) is 4.79 Å². The summed E-state index contributed by atoms with van der Waals surface area (Å²) in [7, 11) is 1.54. The maximum atomic E-state index is 13.0. The predicted molar refractivity (Wildman–Crippen MR) is 99.8 cm³/mol. The Morgan fingerprint density at radius 2 is 1.77 bits per heavy atom.